The van der Waals surface area contributed by atoms with Crippen LogP contribution in [0.3, 0.4) is 0 Å². The lowest BCUT2D eigenvalue weighted by Crippen LogP contribution is -2.26. The molecule has 1 unspecified atom stereocenters. The minimum Gasteiger partial charge on any atom is -0.439 e. The van der Waals surface area contributed by atoms with Gasteiger partial charge in [-0.05, 0) is 54.1 Å². The van der Waals surface area contributed by atoms with Gasteiger partial charge in [-0.3, -0.25) is 0 Å². The number of hydrogen-bond acceptors (Lipinski definition) is 7. The van der Waals surface area contributed by atoms with Gasteiger partial charge in [0.15, 0.2) is 5.75 Å². The molecule has 2 aromatic heterocycles. The minimum atomic E-state index is -0.827. The number of pyridine rings is 1. The third-order valence-corrected chi connectivity index (χ3v) is 7.31. The zero-order valence-electron chi connectivity index (χ0n) is 18.6. The molecule has 5 aromatic rings. The summed E-state index contributed by atoms with van der Waals surface area (Å²) in [4.78, 5) is 19.1. The van der Waals surface area contributed by atoms with E-state index >= 15 is 0 Å². The number of hydrogen-bond donors (Lipinski definition) is 1. The second-order valence-electron chi connectivity index (χ2n) is 8.18. The second-order valence-corrected chi connectivity index (χ2v) is 9.68. The first kappa shape index (κ1) is 22.2. The molecule has 0 saturated heterocycles. The third kappa shape index (κ3) is 3.68. The molecule has 0 amide bonds. The summed E-state index contributed by atoms with van der Waals surface area (Å²) in [5.74, 6) is -0.591. The van der Waals surface area contributed by atoms with Gasteiger partial charge in [-0.1, -0.05) is 53.7 Å². The number of para-hydroxylation sites is 2. The van der Waals surface area contributed by atoms with Crippen molar-refractivity contribution in [1.29, 1.82) is 5.26 Å². The summed E-state index contributed by atoms with van der Waals surface area (Å²) >= 11 is 7.49. The van der Waals surface area contributed by atoms with Gasteiger partial charge in [0.2, 0.25) is 5.88 Å². The number of benzene rings is 3. The molecule has 3 aromatic carbocycles. The summed E-state index contributed by atoms with van der Waals surface area (Å²) < 4.78 is 11.5. The molecule has 2 N–H and O–H groups in total. The fourth-order valence-corrected chi connectivity index (χ4v) is 5.45. The van der Waals surface area contributed by atoms with Crippen LogP contribution in [0, 0.1) is 11.3 Å². The van der Waals surface area contributed by atoms with Gasteiger partial charge in [0.1, 0.15) is 22.3 Å². The zero-order valence-corrected chi connectivity index (χ0v) is 20.1. The van der Waals surface area contributed by atoms with Crippen molar-refractivity contribution in [1.82, 2.24) is 4.98 Å². The Balaban J connectivity index is 1.66. The normalized spacial score (nSPS) is 14.9. The van der Waals surface area contributed by atoms with Crippen molar-refractivity contribution in [2.45, 2.75) is 15.8 Å². The molecule has 3 heterocycles. The summed E-state index contributed by atoms with van der Waals surface area (Å²) in [5.41, 5.74) is 7.83. The van der Waals surface area contributed by atoms with Gasteiger partial charge in [0.05, 0.1) is 22.4 Å². The van der Waals surface area contributed by atoms with Crippen molar-refractivity contribution in [2.75, 3.05) is 0 Å². The van der Waals surface area contributed by atoms with Crippen LogP contribution in [-0.4, -0.2) is 4.98 Å². The van der Waals surface area contributed by atoms with Gasteiger partial charge >= 0.3 is 5.63 Å². The Morgan fingerprint density at radius 2 is 1.78 bits per heavy atom. The second kappa shape index (κ2) is 8.76. The van der Waals surface area contributed by atoms with Crippen LogP contribution >= 0.6 is 23.4 Å². The average Bonchev–Trinajstić information content (AvgIpc) is 2.89. The zero-order chi connectivity index (χ0) is 24.8. The van der Waals surface area contributed by atoms with Crippen molar-refractivity contribution < 1.29 is 9.15 Å². The lowest BCUT2D eigenvalue weighted by molar-refractivity contribution is 0.387. The Hall–Kier alpha value is -4.25. The van der Waals surface area contributed by atoms with Crippen LogP contribution in [0.1, 0.15) is 17.0 Å². The molecule has 0 fully saturated rings. The van der Waals surface area contributed by atoms with Crippen molar-refractivity contribution in [3.63, 3.8) is 0 Å². The molecule has 0 bridgehead atoms. The molecule has 0 saturated carbocycles. The number of fused-ring (bicyclic) bond motifs is 4. The molecule has 8 heteroatoms. The van der Waals surface area contributed by atoms with E-state index in [9.17, 15) is 10.1 Å². The molecular weight excluding hydrogens is 494 g/mol. The number of halogens is 1. The Bertz CT molecular complexity index is 1810. The monoisotopic (exact) mass is 509 g/mol. The van der Waals surface area contributed by atoms with Crippen LogP contribution in [0.5, 0.6) is 5.75 Å². The van der Waals surface area contributed by atoms with E-state index in [-0.39, 0.29) is 17.0 Å². The maximum absolute atomic E-state index is 13.3. The van der Waals surface area contributed by atoms with E-state index in [1.54, 1.807) is 30.3 Å². The first-order valence-corrected chi connectivity index (χ1v) is 12.2. The van der Waals surface area contributed by atoms with Gasteiger partial charge in [-0.25, -0.2) is 9.78 Å². The van der Waals surface area contributed by atoms with E-state index in [2.05, 4.69) is 6.07 Å². The summed E-state index contributed by atoms with van der Waals surface area (Å²) in [6, 6.07) is 26.2. The minimum absolute atomic E-state index is 0.0543. The van der Waals surface area contributed by atoms with Crippen LogP contribution in [-0.2, 0) is 0 Å². The van der Waals surface area contributed by atoms with Crippen molar-refractivity contribution >= 4 is 45.2 Å². The number of aromatic nitrogens is 1. The first-order valence-electron chi connectivity index (χ1n) is 11.0. The standard InChI is InChI=1S/C28H16ClN3O3S/c29-16-9-11-17(12-10-16)36-27-19(13-15-5-1-3-7-21(15)32-27)23-20(14-30)26(31)35-25-18-6-2-4-8-22(18)34-28(33)24(23)25/h1-13,23H,31H2. The molecule has 0 radical (unpaired) electrons. The largest absolute Gasteiger partial charge is 0.439 e. The van der Waals surface area contributed by atoms with Crippen LogP contribution in [0.25, 0.3) is 21.9 Å². The van der Waals surface area contributed by atoms with E-state index in [1.807, 2.05) is 48.5 Å². The summed E-state index contributed by atoms with van der Waals surface area (Å²) in [6.07, 6.45) is 0. The number of nitrogens with two attached hydrogens (primary N) is 1. The summed E-state index contributed by atoms with van der Waals surface area (Å²) in [7, 11) is 0. The highest BCUT2D eigenvalue weighted by Gasteiger charge is 2.37. The number of ether oxygens (including phenoxy) is 1. The van der Waals surface area contributed by atoms with E-state index in [1.165, 1.54) is 11.8 Å². The number of nitrogens with zero attached hydrogens (tertiary/aromatic N) is 2. The fourth-order valence-electron chi connectivity index (χ4n) is 4.39. The lowest BCUT2D eigenvalue weighted by Gasteiger charge is -2.27. The highest BCUT2D eigenvalue weighted by molar-refractivity contribution is 7.99. The highest BCUT2D eigenvalue weighted by atomic mass is 35.5. The molecule has 1 aliphatic heterocycles. The molecule has 0 aliphatic carbocycles. The van der Waals surface area contributed by atoms with E-state index in [0.717, 1.165) is 15.8 Å². The van der Waals surface area contributed by atoms with Gasteiger partial charge in [0, 0.05) is 15.3 Å². The molecule has 0 spiro atoms. The molecule has 6 rings (SSSR count). The number of nitriles is 1. The third-order valence-electron chi connectivity index (χ3n) is 6.03. The maximum Gasteiger partial charge on any atom is 0.344 e. The predicted octanol–water partition coefficient (Wildman–Crippen LogP) is 6.36. The lowest BCUT2D eigenvalue weighted by atomic mass is 9.84. The van der Waals surface area contributed by atoms with Crippen LogP contribution in [0.2, 0.25) is 5.02 Å². The fraction of sp³-hybridized carbons (Fsp3) is 0.0357. The van der Waals surface area contributed by atoms with Gasteiger partial charge < -0.3 is 14.9 Å². The average molecular weight is 510 g/mol. The number of allylic oxidation sites excluding steroid dienone is 1. The molecule has 1 aliphatic rings. The molecule has 1 atom stereocenters. The SMILES string of the molecule is N#CC1=C(N)Oc2c(c(=O)oc3ccccc23)C1c1cc2ccccc2nc1Sc1ccc(Cl)cc1. The quantitative estimate of drug-likeness (QED) is 0.282. The van der Waals surface area contributed by atoms with Crippen molar-refractivity contribution in [3.8, 4) is 11.8 Å². The van der Waals surface area contributed by atoms with Gasteiger partial charge in [0.25, 0.3) is 0 Å². The molecular formula is C28H16ClN3O3S. The van der Waals surface area contributed by atoms with Gasteiger partial charge in [-0.15, -0.1) is 0 Å². The Kier molecular flexibility index (Phi) is 5.41. The van der Waals surface area contributed by atoms with Crippen LogP contribution in [0.4, 0.5) is 0 Å². The number of rotatable bonds is 3. The van der Waals surface area contributed by atoms with Crippen LogP contribution < -0.4 is 16.1 Å². The predicted molar refractivity (Wildman–Crippen MR) is 139 cm³/mol. The Labute approximate surface area is 214 Å². The molecule has 6 nitrogen and oxygen atoms in total. The molecule has 36 heavy (non-hydrogen) atoms. The highest BCUT2D eigenvalue weighted by Crippen LogP contribution is 2.46. The molecule has 174 valence electrons. The topological polar surface area (TPSA) is 102 Å². The van der Waals surface area contributed by atoms with Crippen molar-refractivity contribution in [3.05, 3.63) is 117 Å². The van der Waals surface area contributed by atoms with E-state index in [4.69, 9.17) is 31.5 Å². The summed E-state index contributed by atoms with van der Waals surface area (Å²) in [5, 5.41) is 12.8. The van der Waals surface area contributed by atoms with Gasteiger partial charge in [-0.2, -0.15) is 5.26 Å². The Morgan fingerprint density at radius 1 is 1.03 bits per heavy atom. The van der Waals surface area contributed by atoms with Crippen LogP contribution in [0.15, 0.2) is 109 Å². The maximum atomic E-state index is 13.3. The smallest absolute Gasteiger partial charge is 0.344 e. The Morgan fingerprint density at radius 3 is 2.58 bits per heavy atom. The summed E-state index contributed by atoms with van der Waals surface area (Å²) in [6.45, 7) is 0. The van der Waals surface area contributed by atoms with E-state index in [0.29, 0.717) is 32.3 Å². The van der Waals surface area contributed by atoms with E-state index < -0.39 is 11.5 Å². The van der Waals surface area contributed by atoms with Crippen molar-refractivity contribution in [2.24, 2.45) is 5.73 Å². The first-order chi connectivity index (χ1) is 17.5.